The van der Waals surface area contributed by atoms with Gasteiger partial charge in [-0.15, -0.1) is 0 Å². The number of methoxy groups -OCH3 is 2. The van der Waals surface area contributed by atoms with E-state index >= 15 is 0 Å². The standard InChI is InChI=1S/C26H25N3O4/c1-16(30)29-14-19(12-17-4-8-20(31-2)9-5-17)25-23(15-29)24(22(13-27)26(28)33-25)18-6-10-21(32-3)11-7-18/h4-12,24H,14-15,28H2,1-3H3/b19-12+. The number of nitrogens with two attached hydrogens (primary N) is 1. The van der Waals surface area contributed by atoms with Gasteiger partial charge in [-0.1, -0.05) is 24.3 Å². The van der Waals surface area contributed by atoms with Crippen LogP contribution < -0.4 is 15.2 Å². The van der Waals surface area contributed by atoms with Crippen LogP contribution in [-0.2, 0) is 9.53 Å². The number of nitriles is 1. The van der Waals surface area contributed by atoms with Gasteiger partial charge in [0.25, 0.3) is 0 Å². The van der Waals surface area contributed by atoms with E-state index < -0.39 is 5.92 Å². The molecular formula is C26H25N3O4. The summed E-state index contributed by atoms with van der Waals surface area (Å²) in [6, 6.07) is 17.3. The van der Waals surface area contributed by atoms with E-state index in [1.807, 2.05) is 54.6 Å². The van der Waals surface area contributed by atoms with Crippen LogP contribution in [0.2, 0.25) is 0 Å². The Kier molecular flexibility index (Phi) is 6.09. The maximum atomic E-state index is 12.4. The van der Waals surface area contributed by atoms with Crippen LogP contribution in [0.25, 0.3) is 6.08 Å². The van der Waals surface area contributed by atoms with Crippen molar-refractivity contribution in [1.82, 2.24) is 4.90 Å². The molecule has 1 unspecified atom stereocenters. The second-order valence-electron chi connectivity index (χ2n) is 7.87. The summed E-state index contributed by atoms with van der Waals surface area (Å²) in [4.78, 5) is 14.1. The molecule has 168 valence electrons. The molecule has 33 heavy (non-hydrogen) atoms. The highest BCUT2D eigenvalue weighted by molar-refractivity contribution is 5.76. The van der Waals surface area contributed by atoms with Gasteiger partial charge in [0.15, 0.2) is 0 Å². The van der Waals surface area contributed by atoms with Gasteiger partial charge in [-0.2, -0.15) is 5.26 Å². The summed E-state index contributed by atoms with van der Waals surface area (Å²) in [5.41, 5.74) is 9.99. The smallest absolute Gasteiger partial charge is 0.220 e. The van der Waals surface area contributed by atoms with E-state index in [0.29, 0.717) is 30.2 Å². The third kappa shape index (κ3) is 4.28. The van der Waals surface area contributed by atoms with E-state index in [9.17, 15) is 10.1 Å². The summed E-state index contributed by atoms with van der Waals surface area (Å²) in [7, 11) is 3.22. The number of hydrogen-bond acceptors (Lipinski definition) is 6. The summed E-state index contributed by atoms with van der Waals surface area (Å²) >= 11 is 0. The van der Waals surface area contributed by atoms with Crippen molar-refractivity contribution in [1.29, 1.82) is 5.26 Å². The summed E-state index contributed by atoms with van der Waals surface area (Å²) in [5.74, 6) is 1.67. The van der Waals surface area contributed by atoms with Crippen LogP contribution in [0.15, 0.2) is 76.9 Å². The monoisotopic (exact) mass is 443 g/mol. The number of carbonyl (C=O) groups excluding carboxylic acids is 1. The predicted octanol–water partition coefficient (Wildman–Crippen LogP) is 3.71. The minimum atomic E-state index is -0.425. The number of nitrogens with zero attached hydrogens (tertiary/aromatic N) is 2. The van der Waals surface area contributed by atoms with Gasteiger partial charge < -0.3 is 24.8 Å². The number of hydrogen-bond donors (Lipinski definition) is 1. The number of allylic oxidation sites excluding steroid dienone is 1. The first-order chi connectivity index (χ1) is 15.9. The van der Waals surface area contributed by atoms with E-state index in [0.717, 1.165) is 28.0 Å². The fourth-order valence-electron chi connectivity index (χ4n) is 4.17. The molecule has 2 aromatic carbocycles. The van der Waals surface area contributed by atoms with Gasteiger partial charge in [-0.25, -0.2) is 0 Å². The van der Waals surface area contributed by atoms with Gasteiger partial charge in [-0.3, -0.25) is 4.79 Å². The first-order valence-electron chi connectivity index (χ1n) is 10.5. The molecule has 0 spiro atoms. The first-order valence-corrected chi connectivity index (χ1v) is 10.5. The molecule has 4 rings (SSSR count). The fraction of sp³-hybridized carbons (Fsp3) is 0.231. The Bertz CT molecular complexity index is 1200. The lowest BCUT2D eigenvalue weighted by Crippen LogP contribution is -2.40. The largest absolute Gasteiger partial charge is 0.497 e. The molecule has 7 nitrogen and oxygen atoms in total. The van der Waals surface area contributed by atoms with Crippen LogP contribution in [0, 0.1) is 11.3 Å². The third-order valence-corrected chi connectivity index (χ3v) is 5.89. The Morgan fingerprint density at radius 3 is 2.24 bits per heavy atom. The van der Waals surface area contributed by atoms with Gasteiger partial charge in [0.1, 0.15) is 28.9 Å². The van der Waals surface area contributed by atoms with Crippen LogP contribution in [-0.4, -0.2) is 38.1 Å². The molecule has 0 bridgehead atoms. The van der Waals surface area contributed by atoms with Gasteiger partial charge in [0.2, 0.25) is 11.8 Å². The molecule has 2 aliphatic heterocycles. The maximum Gasteiger partial charge on any atom is 0.220 e. The minimum Gasteiger partial charge on any atom is -0.497 e. The Balaban J connectivity index is 1.85. The highest BCUT2D eigenvalue weighted by Gasteiger charge is 2.38. The molecule has 0 fully saturated rings. The zero-order valence-corrected chi connectivity index (χ0v) is 18.8. The molecular weight excluding hydrogens is 418 g/mol. The van der Waals surface area contributed by atoms with Crippen molar-refractivity contribution in [3.05, 3.63) is 88.0 Å². The summed E-state index contributed by atoms with van der Waals surface area (Å²) in [5, 5.41) is 9.89. The predicted molar refractivity (Wildman–Crippen MR) is 124 cm³/mol. The Hall–Kier alpha value is -4.18. The second kappa shape index (κ2) is 9.13. The molecule has 0 saturated heterocycles. The molecule has 1 atom stereocenters. The molecule has 2 aromatic rings. The van der Waals surface area contributed by atoms with Gasteiger partial charge in [0.05, 0.1) is 20.1 Å². The van der Waals surface area contributed by atoms with Crippen molar-refractivity contribution in [3.8, 4) is 17.6 Å². The average Bonchev–Trinajstić information content (AvgIpc) is 2.84. The minimum absolute atomic E-state index is 0.0586. The number of carbonyl (C=O) groups is 1. The van der Waals surface area contributed by atoms with Crippen LogP contribution >= 0.6 is 0 Å². The molecule has 0 aromatic heterocycles. The lowest BCUT2D eigenvalue weighted by Gasteiger charge is -2.38. The Labute approximate surface area is 193 Å². The molecule has 2 aliphatic rings. The average molecular weight is 444 g/mol. The second-order valence-corrected chi connectivity index (χ2v) is 7.87. The zero-order valence-electron chi connectivity index (χ0n) is 18.8. The molecule has 0 radical (unpaired) electrons. The van der Waals surface area contributed by atoms with Crippen LogP contribution in [0.1, 0.15) is 24.0 Å². The molecule has 0 saturated carbocycles. The van der Waals surface area contributed by atoms with E-state index in [1.54, 1.807) is 19.1 Å². The van der Waals surface area contributed by atoms with E-state index in [1.165, 1.54) is 6.92 Å². The van der Waals surface area contributed by atoms with Crippen molar-refractivity contribution in [3.63, 3.8) is 0 Å². The SMILES string of the molecule is COc1ccc(/C=C2\CN(C(C)=O)CC3=C2OC(N)=C(C#N)C3c2ccc(OC)cc2)cc1. The zero-order chi connectivity index (χ0) is 23.5. The highest BCUT2D eigenvalue weighted by atomic mass is 16.5. The van der Waals surface area contributed by atoms with Gasteiger partial charge >= 0.3 is 0 Å². The summed E-state index contributed by atoms with van der Waals surface area (Å²) < 4.78 is 16.5. The Morgan fingerprint density at radius 2 is 1.70 bits per heavy atom. The number of ether oxygens (including phenoxy) is 3. The maximum absolute atomic E-state index is 12.4. The molecule has 0 aliphatic carbocycles. The van der Waals surface area contributed by atoms with Crippen molar-refractivity contribution in [2.75, 3.05) is 27.3 Å². The van der Waals surface area contributed by atoms with Gasteiger partial charge in [-0.05, 0) is 41.5 Å². The highest BCUT2D eigenvalue weighted by Crippen LogP contribution is 2.44. The van der Waals surface area contributed by atoms with Crippen LogP contribution in [0.5, 0.6) is 11.5 Å². The third-order valence-electron chi connectivity index (χ3n) is 5.89. The van der Waals surface area contributed by atoms with E-state index in [2.05, 4.69) is 6.07 Å². The summed E-state index contributed by atoms with van der Waals surface area (Å²) in [6.07, 6.45) is 1.97. The van der Waals surface area contributed by atoms with Crippen molar-refractivity contribution < 1.29 is 19.0 Å². The first kappa shape index (κ1) is 22.0. The lowest BCUT2D eigenvalue weighted by atomic mass is 9.80. The molecule has 7 heteroatoms. The van der Waals surface area contributed by atoms with E-state index in [4.69, 9.17) is 19.9 Å². The fourth-order valence-corrected chi connectivity index (χ4v) is 4.17. The van der Waals surface area contributed by atoms with Crippen LogP contribution in [0.4, 0.5) is 0 Å². The molecule has 2 heterocycles. The number of amides is 1. The Morgan fingerprint density at radius 1 is 1.09 bits per heavy atom. The lowest BCUT2D eigenvalue weighted by molar-refractivity contribution is -0.128. The van der Waals surface area contributed by atoms with E-state index in [-0.39, 0.29) is 11.8 Å². The molecule has 1 amide bonds. The summed E-state index contributed by atoms with van der Waals surface area (Å²) in [6.45, 7) is 2.27. The molecule has 2 N–H and O–H groups in total. The number of benzene rings is 2. The van der Waals surface area contributed by atoms with Crippen LogP contribution in [0.3, 0.4) is 0 Å². The van der Waals surface area contributed by atoms with Gasteiger partial charge in [0, 0.05) is 31.2 Å². The normalized spacial score (nSPS) is 19.0. The number of rotatable bonds is 4. The topological polar surface area (TPSA) is 97.8 Å². The van der Waals surface area contributed by atoms with Crippen molar-refractivity contribution in [2.24, 2.45) is 5.73 Å². The van der Waals surface area contributed by atoms with Crippen molar-refractivity contribution >= 4 is 12.0 Å². The van der Waals surface area contributed by atoms with Crippen molar-refractivity contribution in [2.45, 2.75) is 12.8 Å². The quantitative estimate of drug-likeness (QED) is 0.774.